The van der Waals surface area contributed by atoms with Crippen molar-refractivity contribution in [3.63, 3.8) is 0 Å². The van der Waals surface area contributed by atoms with Crippen LogP contribution < -0.4 is 10.5 Å². The maximum atomic E-state index is 12.8. The number of para-hydroxylation sites is 1. The number of hydrogen-bond acceptors (Lipinski definition) is 3. The lowest BCUT2D eigenvalue weighted by Crippen LogP contribution is -2.35. The van der Waals surface area contributed by atoms with E-state index in [1.165, 1.54) is 12.1 Å². The summed E-state index contributed by atoms with van der Waals surface area (Å²) >= 11 is 0. The maximum absolute atomic E-state index is 12.8. The van der Waals surface area contributed by atoms with Crippen LogP contribution in [0.1, 0.15) is 24.0 Å². The van der Waals surface area contributed by atoms with E-state index < -0.39 is 15.4 Å². The van der Waals surface area contributed by atoms with Crippen LogP contribution in [-0.4, -0.2) is 25.9 Å². The summed E-state index contributed by atoms with van der Waals surface area (Å²) in [6.07, 6.45) is 4.28. The molecular weight excluding hydrogens is 362 g/mol. The number of H-pyrrole nitrogens is 1. The van der Waals surface area contributed by atoms with Crippen LogP contribution in [-0.2, 0) is 26.7 Å². The molecule has 1 aliphatic carbocycles. The second-order valence-corrected chi connectivity index (χ2v) is 8.59. The fourth-order valence-corrected chi connectivity index (χ4v) is 4.06. The Hall–Kier alpha value is -2.64. The van der Waals surface area contributed by atoms with E-state index in [-0.39, 0.29) is 10.8 Å². The van der Waals surface area contributed by atoms with Gasteiger partial charge in [-0.2, -0.15) is 0 Å². The third kappa shape index (κ3) is 3.36. The molecule has 6 nitrogen and oxygen atoms in total. The van der Waals surface area contributed by atoms with Crippen LogP contribution in [0, 0.1) is 0 Å². The molecule has 1 aromatic heterocycles. The van der Waals surface area contributed by atoms with Gasteiger partial charge in [-0.15, -0.1) is 0 Å². The molecule has 1 saturated carbocycles. The molecule has 0 radical (unpaired) electrons. The SMILES string of the molecule is NS(=O)(=O)c1ccc(CCNC(=O)C2(c3c[nH]c4ccccc34)CC2)cc1. The summed E-state index contributed by atoms with van der Waals surface area (Å²) in [5.41, 5.74) is 2.62. The summed E-state index contributed by atoms with van der Waals surface area (Å²) in [7, 11) is -3.68. The Labute approximate surface area is 157 Å². The summed E-state index contributed by atoms with van der Waals surface area (Å²) in [6.45, 7) is 0.498. The van der Waals surface area contributed by atoms with Crippen LogP contribution >= 0.6 is 0 Å². The largest absolute Gasteiger partial charge is 0.361 e. The number of sulfonamides is 1. The molecule has 0 atom stereocenters. The summed E-state index contributed by atoms with van der Waals surface area (Å²) < 4.78 is 22.6. The highest BCUT2D eigenvalue weighted by Gasteiger charge is 2.52. The van der Waals surface area contributed by atoms with Gasteiger partial charge in [0.25, 0.3) is 0 Å². The van der Waals surface area contributed by atoms with Crippen LogP contribution in [0.25, 0.3) is 10.9 Å². The minimum absolute atomic E-state index is 0.0495. The Morgan fingerprint density at radius 1 is 1.11 bits per heavy atom. The van der Waals surface area contributed by atoms with Gasteiger partial charge in [0.1, 0.15) is 0 Å². The monoisotopic (exact) mass is 383 g/mol. The maximum Gasteiger partial charge on any atom is 0.238 e. The molecule has 0 aliphatic heterocycles. The lowest BCUT2D eigenvalue weighted by molar-refractivity contribution is -0.123. The van der Waals surface area contributed by atoms with Gasteiger partial charge < -0.3 is 10.3 Å². The van der Waals surface area contributed by atoms with Crippen molar-refractivity contribution < 1.29 is 13.2 Å². The molecule has 0 bridgehead atoms. The van der Waals surface area contributed by atoms with Crippen LogP contribution in [0.4, 0.5) is 0 Å². The van der Waals surface area contributed by atoms with Crippen molar-refractivity contribution in [1.82, 2.24) is 10.3 Å². The number of nitrogens with two attached hydrogens (primary N) is 1. The number of hydrogen-bond donors (Lipinski definition) is 3. The lowest BCUT2D eigenvalue weighted by atomic mass is 9.94. The zero-order valence-corrected chi connectivity index (χ0v) is 15.6. The van der Waals surface area contributed by atoms with Gasteiger partial charge in [0.15, 0.2) is 0 Å². The van der Waals surface area contributed by atoms with Crippen molar-refractivity contribution in [2.45, 2.75) is 29.6 Å². The van der Waals surface area contributed by atoms with Crippen LogP contribution in [0.15, 0.2) is 59.6 Å². The van der Waals surface area contributed by atoms with Crippen LogP contribution in [0.3, 0.4) is 0 Å². The highest BCUT2D eigenvalue weighted by atomic mass is 32.2. The molecule has 3 aromatic rings. The predicted octanol–water partition coefficient (Wildman–Crippen LogP) is 2.21. The first-order valence-corrected chi connectivity index (χ1v) is 10.4. The van der Waals surface area contributed by atoms with Gasteiger partial charge in [-0.1, -0.05) is 30.3 Å². The lowest BCUT2D eigenvalue weighted by Gasteiger charge is -2.15. The number of nitrogens with one attached hydrogen (secondary N) is 2. The first-order chi connectivity index (χ1) is 12.9. The molecule has 27 heavy (non-hydrogen) atoms. The molecule has 1 aliphatic rings. The Bertz CT molecular complexity index is 1100. The Morgan fingerprint density at radius 3 is 2.48 bits per heavy atom. The van der Waals surface area contributed by atoms with Crippen molar-refractivity contribution in [3.8, 4) is 0 Å². The van der Waals surface area contributed by atoms with E-state index >= 15 is 0 Å². The standard InChI is InChI=1S/C20H21N3O3S/c21-27(25,26)15-7-5-14(6-8-15)9-12-22-19(24)20(10-11-20)17-13-23-18-4-2-1-3-16(17)18/h1-8,13,23H,9-12H2,(H,22,24)(H2,21,25,26). The molecule has 0 spiro atoms. The minimum Gasteiger partial charge on any atom is -0.361 e. The van der Waals surface area contributed by atoms with Gasteiger partial charge in [-0.05, 0) is 48.6 Å². The Kier molecular flexibility index (Phi) is 4.28. The van der Waals surface area contributed by atoms with Crippen LogP contribution in [0.2, 0.25) is 0 Å². The average Bonchev–Trinajstić information content (AvgIpc) is 3.34. The topological polar surface area (TPSA) is 105 Å². The van der Waals surface area contributed by atoms with E-state index in [9.17, 15) is 13.2 Å². The summed E-state index contributed by atoms with van der Waals surface area (Å²) in [5.74, 6) is 0.0495. The number of aromatic nitrogens is 1. The molecule has 0 saturated heterocycles. The smallest absolute Gasteiger partial charge is 0.238 e. The van der Waals surface area contributed by atoms with E-state index in [2.05, 4.69) is 10.3 Å². The number of carbonyl (C=O) groups is 1. The summed E-state index contributed by atoms with van der Waals surface area (Å²) in [4.78, 5) is 16.2. The molecule has 1 fully saturated rings. The fraction of sp³-hybridized carbons (Fsp3) is 0.250. The van der Waals surface area contributed by atoms with Gasteiger partial charge in [-0.25, -0.2) is 13.6 Å². The normalized spacial score (nSPS) is 15.6. The van der Waals surface area contributed by atoms with Crippen molar-refractivity contribution in [2.24, 2.45) is 5.14 Å². The van der Waals surface area contributed by atoms with Gasteiger partial charge in [0.05, 0.1) is 10.3 Å². The molecule has 4 N–H and O–H groups in total. The quantitative estimate of drug-likeness (QED) is 0.608. The van der Waals surface area contributed by atoms with Gasteiger partial charge >= 0.3 is 0 Å². The number of fused-ring (bicyclic) bond motifs is 1. The number of aromatic amines is 1. The summed E-state index contributed by atoms with van der Waals surface area (Å²) in [5, 5.41) is 9.24. The third-order valence-electron chi connectivity index (χ3n) is 5.24. The first kappa shape index (κ1) is 17.8. The second-order valence-electron chi connectivity index (χ2n) is 7.02. The minimum atomic E-state index is -3.68. The van der Waals surface area contributed by atoms with E-state index in [0.717, 1.165) is 34.9 Å². The Morgan fingerprint density at radius 2 is 1.81 bits per heavy atom. The number of rotatable bonds is 6. The number of carbonyl (C=O) groups excluding carboxylic acids is 1. The molecule has 140 valence electrons. The van der Waals surface area contributed by atoms with Gasteiger partial charge in [-0.3, -0.25) is 4.79 Å². The van der Waals surface area contributed by atoms with E-state index in [1.807, 2.05) is 30.5 Å². The van der Waals surface area contributed by atoms with E-state index in [0.29, 0.717) is 13.0 Å². The molecule has 0 unspecified atom stereocenters. The Balaban J connectivity index is 1.41. The van der Waals surface area contributed by atoms with Gasteiger partial charge in [0.2, 0.25) is 15.9 Å². The zero-order chi connectivity index (χ0) is 19.1. The molecule has 1 heterocycles. The van der Waals surface area contributed by atoms with Gasteiger partial charge in [0, 0.05) is 23.6 Å². The van der Waals surface area contributed by atoms with E-state index in [4.69, 9.17) is 5.14 Å². The van der Waals surface area contributed by atoms with Crippen molar-refractivity contribution in [2.75, 3.05) is 6.54 Å². The average molecular weight is 383 g/mol. The van der Waals surface area contributed by atoms with E-state index in [1.54, 1.807) is 12.1 Å². The van der Waals surface area contributed by atoms with Crippen molar-refractivity contribution >= 4 is 26.8 Å². The molecule has 7 heteroatoms. The fourth-order valence-electron chi connectivity index (χ4n) is 3.55. The molecular formula is C20H21N3O3S. The molecule has 2 aromatic carbocycles. The molecule has 4 rings (SSSR count). The number of primary sulfonamides is 1. The highest BCUT2D eigenvalue weighted by molar-refractivity contribution is 7.89. The van der Waals surface area contributed by atoms with Crippen molar-refractivity contribution in [1.29, 1.82) is 0 Å². The predicted molar refractivity (Wildman–Crippen MR) is 104 cm³/mol. The van der Waals surface area contributed by atoms with Crippen LogP contribution in [0.5, 0.6) is 0 Å². The zero-order valence-electron chi connectivity index (χ0n) is 14.7. The third-order valence-corrected chi connectivity index (χ3v) is 6.17. The second kappa shape index (κ2) is 6.51. The summed E-state index contributed by atoms with van der Waals surface area (Å²) in [6, 6.07) is 14.4. The first-order valence-electron chi connectivity index (χ1n) is 8.87. The molecule has 1 amide bonds. The number of benzene rings is 2. The van der Waals surface area contributed by atoms with Crippen molar-refractivity contribution in [3.05, 3.63) is 65.9 Å². The number of amides is 1. The highest BCUT2D eigenvalue weighted by Crippen LogP contribution is 2.50.